The summed E-state index contributed by atoms with van der Waals surface area (Å²) in [6, 6.07) is 7.77. The maximum Gasteiger partial charge on any atom is 0.246 e. The summed E-state index contributed by atoms with van der Waals surface area (Å²) >= 11 is 0. The zero-order valence-electron chi connectivity index (χ0n) is 16.5. The highest BCUT2D eigenvalue weighted by molar-refractivity contribution is 7.89. The van der Waals surface area contributed by atoms with Crippen molar-refractivity contribution < 1.29 is 17.6 Å². The molecule has 2 N–H and O–H groups in total. The Morgan fingerprint density at radius 3 is 2.76 bits per heavy atom. The third kappa shape index (κ3) is 3.51. The molecule has 0 saturated carbocycles. The van der Waals surface area contributed by atoms with E-state index in [4.69, 9.17) is 5.14 Å². The fourth-order valence-electron chi connectivity index (χ4n) is 4.53. The molecule has 0 spiro atoms. The number of fused-ring (bicyclic) bond motifs is 2. The molecule has 6 nitrogen and oxygen atoms in total. The molecule has 2 aliphatic heterocycles. The summed E-state index contributed by atoms with van der Waals surface area (Å²) in [6.45, 7) is 4.72. The van der Waals surface area contributed by atoms with E-state index < -0.39 is 10.0 Å². The lowest BCUT2D eigenvalue weighted by Gasteiger charge is -2.34. The van der Waals surface area contributed by atoms with Gasteiger partial charge in [0, 0.05) is 29.5 Å². The third-order valence-corrected chi connectivity index (χ3v) is 6.70. The van der Waals surface area contributed by atoms with E-state index in [2.05, 4.69) is 0 Å². The van der Waals surface area contributed by atoms with Crippen molar-refractivity contribution in [1.82, 2.24) is 0 Å². The Morgan fingerprint density at radius 1 is 1.28 bits per heavy atom. The van der Waals surface area contributed by atoms with Crippen molar-refractivity contribution in [3.63, 3.8) is 0 Å². The fraction of sp³-hybridized carbons (Fsp3) is 0.381. The number of rotatable bonds is 3. The lowest BCUT2D eigenvalue weighted by Crippen LogP contribution is -2.45. The first-order valence-corrected chi connectivity index (χ1v) is 11.2. The standard InChI is InChI=1S/C21H24FN3O3S/c1-13-5-7-18(22)17-4-3-9-24(21(13)17)12-20(26)25-14(2)10-15-11-16(29(23,27)28)6-8-19(15)25/h5-8,11,14H,3-4,9-10,12H2,1-2H3,(H2,23,27,28). The average Bonchev–Trinajstić information content (AvgIpc) is 2.99. The quantitative estimate of drug-likeness (QED) is 0.832. The number of anilines is 2. The number of aryl methyl sites for hydroxylation is 1. The molecule has 1 unspecified atom stereocenters. The molecule has 8 heteroatoms. The topological polar surface area (TPSA) is 83.7 Å². The number of halogens is 1. The van der Waals surface area contributed by atoms with Crippen molar-refractivity contribution in [2.24, 2.45) is 5.14 Å². The second-order valence-electron chi connectivity index (χ2n) is 7.87. The minimum Gasteiger partial charge on any atom is -0.362 e. The van der Waals surface area contributed by atoms with Crippen LogP contribution in [0.15, 0.2) is 35.2 Å². The van der Waals surface area contributed by atoms with Gasteiger partial charge in [-0.2, -0.15) is 0 Å². The van der Waals surface area contributed by atoms with E-state index in [1.165, 1.54) is 12.1 Å². The second-order valence-corrected chi connectivity index (χ2v) is 9.43. The molecule has 2 heterocycles. The van der Waals surface area contributed by atoms with Gasteiger partial charge in [-0.05, 0) is 68.5 Å². The van der Waals surface area contributed by atoms with Crippen LogP contribution < -0.4 is 14.9 Å². The summed E-state index contributed by atoms with van der Waals surface area (Å²) in [5, 5.41) is 5.23. The first kappa shape index (κ1) is 19.8. The van der Waals surface area contributed by atoms with Gasteiger partial charge in [-0.15, -0.1) is 0 Å². The highest BCUT2D eigenvalue weighted by Gasteiger charge is 2.33. The molecule has 2 aromatic rings. The minimum atomic E-state index is -3.79. The highest BCUT2D eigenvalue weighted by Crippen LogP contribution is 2.36. The number of nitrogens with two attached hydrogens (primary N) is 1. The molecular weight excluding hydrogens is 393 g/mol. The van der Waals surface area contributed by atoms with Crippen LogP contribution in [0.5, 0.6) is 0 Å². The van der Waals surface area contributed by atoms with Crippen LogP contribution in [-0.2, 0) is 27.7 Å². The number of amides is 1. The Labute approximate surface area is 170 Å². The normalized spacial score (nSPS) is 18.6. The van der Waals surface area contributed by atoms with Gasteiger partial charge in [0.2, 0.25) is 15.9 Å². The molecule has 0 aromatic heterocycles. The Hall–Kier alpha value is -2.45. The van der Waals surface area contributed by atoms with Gasteiger partial charge in [0.1, 0.15) is 5.82 Å². The van der Waals surface area contributed by atoms with E-state index in [9.17, 15) is 17.6 Å². The van der Waals surface area contributed by atoms with Crippen molar-refractivity contribution in [2.75, 3.05) is 22.9 Å². The van der Waals surface area contributed by atoms with E-state index in [-0.39, 0.29) is 29.2 Å². The van der Waals surface area contributed by atoms with Gasteiger partial charge in [-0.3, -0.25) is 4.79 Å². The molecule has 0 bridgehead atoms. The number of carbonyl (C=O) groups is 1. The molecule has 1 amide bonds. The molecule has 2 aliphatic rings. The SMILES string of the molecule is Cc1ccc(F)c2c1N(CC(=O)N1c3ccc(S(N)(=O)=O)cc3CC1C)CCC2. The van der Waals surface area contributed by atoms with Crippen LogP contribution in [0.2, 0.25) is 0 Å². The van der Waals surface area contributed by atoms with Crippen molar-refractivity contribution >= 4 is 27.3 Å². The monoisotopic (exact) mass is 417 g/mol. The van der Waals surface area contributed by atoms with Gasteiger partial charge in [0.05, 0.1) is 11.4 Å². The van der Waals surface area contributed by atoms with Gasteiger partial charge in [0.15, 0.2) is 0 Å². The van der Waals surface area contributed by atoms with E-state index in [1.807, 2.05) is 18.7 Å². The summed E-state index contributed by atoms with van der Waals surface area (Å²) in [5.74, 6) is -0.311. The largest absolute Gasteiger partial charge is 0.362 e. The van der Waals surface area contributed by atoms with Crippen LogP contribution >= 0.6 is 0 Å². The number of primary sulfonamides is 1. The molecule has 0 radical (unpaired) electrons. The molecule has 0 saturated heterocycles. The lowest BCUT2D eigenvalue weighted by molar-refractivity contribution is -0.117. The zero-order chi connectivity index (χ0) is 20.9. The Balaban J connectivity index is 1.63. The highest BCUT2D eigenvalue weighted by atomic mass is 32.2. The van der Waals surface area contributed by atoms with Gasteiger partial charge < -0.3 is 9.80 Å². The van der Waals surface area contributed by atoms with Crippen LogP contribution in [0.4, 0.5) is 15.8 Å². The van der Waals surface area contributed by atoms with Crippen molar-refractivity contribution in [2.45, 2.75) is 44.0 Å². The molecule has 0 fully saturated rings. The Bertz CT molecular complexity index is 1100. The van der Waals surface area contributed by atoms with E-state index in [0.717, 1.165) is 23.2 Å². The summed E-state index contributed by atoms with van der Waals surface area (Å²) in [5.41, 5.74) is 3.96. The van der Waals surface area contributed by atoms with E-state index >= 15 is 0 Å². The van der Waals surface area contributed by atoms with Gasteiger partial charge >= 0.3 is 0 Å². The average molecular weight is 418 g/mol. The first-order valence-electron chi connectivity index (χ1n) is 9.67. The lowest BCUT2D eigenvalue weighted by atomic mass is 9.97. The van der Waals surface area contributed by atoms with Crippen molar-refractivity contribution in [3.8, 4) is 0 Å². The van der Waals surface area contributed by atoms with Gasteiger partial charge in [0.25, 0.3) is 0 Å². The van der Waals surface area contributed by atoms with Crippen LogP contribution in [-0.4, -0.2) is 33.5 Å². The minimum absolute atomic E-state index is 0.0498. The third-order valence-electron chi connectivity index (χ3n) is 5.79. The number of hydrogen-bond donors (Lipinski definition) is 1. The van der Waals surface area contributed by atoms with Crippen LogP contribution in [0.1, 0.15) is 30.0 Å². The van der Waals surface area contributed by atoms with Crippen LogP contribution in [0.25, 0.3) is 0 Å². The number of carbonyl (C=O) groups excluding carboxylic acids is 1. The maximum absolute atomic E-state index is 14.3. The predicted molar refractivity (Wildman–Crippen MR) is 110 cm³/mol. The zero-order valence-corrected chi connectivity index (χ0v) is 17.3. The van der Waals surface area contributed by atoms with Crippen LogP contribution in [0.3, 0.4) is 0 Å². The van der Waals surface area contributed by atoms with Gasteiger partial charge in [-0.1, -0.05) is 6.07 Å². The predicted octanol–water partition coefficient (Wildman–Crippen LogP) is 2.51. The molecule has 2 aromatic carbocycles. The summed E-state index contributed by atoms with van der Waals surface area (Å²) in [7, 11) is -3.79. The first-order chi connectivity index (χ1) is 13.7. The maximum atomic E-state index is 14.3. The number of nitrogens with zero attached hydrogens (tertiary/aromatic N) is 2. The summed E-state index contributed by atoms with van der Waals surface area (Å²) < 4.78 is 37.5. The Morgan fingerprint density at radius 2 is 2.03 bits per heavy atom. The van der Waals surface area contributed by atoms with E-state index in [1.54, 1.807) is 23.1 Å². The number of benzene rings is 2. The number of sulfonamides is 1. The van der Waals surface area contributed by atoms with Crippen molar-refractivity contribution in [1.29, 1.82) is 0 Å². The summed E-state index contributed by atoms with van der Waals surface area (Å²) in [6.07, 6.45) is 2.03. The number of hydrogen-bond acceptors (Lipinski definition) is 4. The molecule has 1 atom stereocenters. The van der Waals surface area contributed by atoms with Crippen LogP contribution in [0, 0.1) is 12.7 Å². The second kappa shape index (κ2) is 7.11. The molecule has 29 heavy (non-hydrogen) atoms. The summed E-state index contributed by atoms with van der Waals surface area (Å²) in [4.78, 5) is 16.9. The molecular formula is C21H24FN3O3S. The van der Waals surface area contributed by atoms with Gasteiger partial charge in [-0.25, -0.2) is 17.9 Å². The fourth-order valence-corrected chi connectivity index (χ4v) is 5.09. The molecule has 0 aliphatic carbocycles. The Kier molecular flexibility index (Phi) is 4.86. The van der Waals surface area contributed by atoms with E-state index in [0.29, 0.717) is 30.6 Å². The smallest absolute Gasteiger partial charge is 0.246 e. The molecule has 4 rings (SSSR count). The van der Waals surface area contributed by atoms with Crippen molar-refractivity contribution in [3.05, 3.63) is 52.8 Å². The molecule has 154 valence electrons.